The smallest absolute Gasteiger partial charge is 0.134 e. The van der Waals surface area contributed by atoms with Gasteiger partial charge >= 0.3 is 0 Å². The van der Waals surface area contributed by atoms with Gasteiger partial charge in [0, 0.05) is 10.4 Å². The van der Waals surface area contributed by atoms with Crippen LogP contribution in [-0.4, -0.2) is 11.6 Å². The van der Waals surface area contributed by atoms with Gasteiger partial charge in [-0.3, -0.25) is 0 Å². The Kier molecular flexibility index (Phi) is 4.54. The molecule has 1 aromatic heterocycles. The van der Waals surface area contributed by atoms with Gasteiger partial charge in [0.05, 0.1) is 17.9 Å². The van der Waals surface area contributed by atoms with Crippen LogP contribution in [0.3, 0.4) is 0 Å². The summed E-state index contributed by atoms with van der Waals surface area (Å²) in [5.74, 6) is 0.785. The maximum Gasteiger partial charge on any atom is 0.134 e. The molecule has 0 N–H and O–H groups in total. The van der Waals surface area contributed by atoms with Crippen LogP contribution in [0.4, 0.5) is 0 Å². The summed E-state index contributed by atoms with van der Waals surface area (Å²) in [4.78, 5) is 5.58. The van der Waals surface area contributed by atoms with Crippen LogP contribution in [-0.2, 0) is 0 Å². The lowest BCUT2D eigenvalue weighted by Gasteiger charge is -2.06. The molecule has 102 valence electrons. The van der Waals surface area contributed by atoms with Crippen molar-refractivity contribution in [2.45, 2.75) is 20.8 Å². The van der Waals surface area contributed by atoms with Gasteiger partial charge in [-0.2, -0.15) is 5.26 Å². The average molecular weight is 284 g/mol. The number of hydrogen-bond acceptors (Lipinski definition) is 4. The zero-order chi connectivity index (χ0) is 14.5. The first-order chi connectivity index (χ1) is 9.65. The number of aromatic nitrogens is 1. The van der Waals surface area contributed by atoms with Gasteiger partial charge in [-0.15, -0.1) is 11.3 Å². The van der Waals surface area contributed by atoms with Crippen LogP contribution in [0.5, 0.6) is 5.75 Å². The highest BCUT2D eigenvalue weighted by molar-refractivity contribution is 7.12. The van der Waals surface area contributed by atoms with Gasteiger partial charge in [0.25, 0.3) is 0 Å². The second-order valence-electron chi connectivity index (χ2n) is 4.30. The fourth-order valence-corrected chi connectivity index (χ4v) is 2.65. The Morgan fingerprint density at radius 2 is 2.15 bits per heavy atom. The Hall–Kier alpha value is -2.12. The molecular formula is C16H16N2OS. The third-order valence-corrected chi connectivity index (χ3v) is 4.00. The molecule has 0 fully saturated rings. The lowest BCUT2D eigenvalue weighted by atomic mass is 10.1. The van der Waals surface area contributed by atoms with Crippen LogP contribution in [0, 0.1) is 25.2 Å². The minimum absolute atomic E-state index is 0.568. The van der Waals surface area contributed by atoms with E-state index in [9.17, 15) is 5.26 Å². The number of benzene rings is 1. The molecule has 0 aliphatic rings. The summed E-state index contributed by atoms with van der Waals surface area (Å²) in [5.41, 5.74) is 2.44. The molecule has 2 rings (SSSR count). The van der Waals surface area contributed by atoms with Crippen LogP contribution < -0.4 is 4.74 Å². The third-order valence-electron chi connectivity index (χ3n) is 2.90. The van der Waals surface area contributed by atoms with Gasteiger partial charge in [0.15, 0.2) is 0 Å². The van der Waals surface area contributed by atoms with Crippen molar-refractivity contribution in [3.63, 3.8) is 0 Å². The predicted octanol–water partition coefficient (Wildman–Crippen LogP) is 4.22. The molecule has 4 heteroatoms. The summed E-state index contributed by atoms with van der Waals surface area (Å²) in [6.07, 6.45) is 1.84. The SMILES string of the molecule is CCOc1ccccc1/C=C(\C#N)c1nc(C)c(C)s1. The Morgan fingerprint density at radius 3 is 2.75 bits per heavy atom. The van der Waals surface area contributed by atoms with E-state index in [-0.39, 0.29) is 0 Å². The second kappa shape index (κ2) is 6.36. The molecule has 0 radical (unpaired) electrons. The van der Waals surface area contributed by atoms with E-state index in [2.05, 4.69) is 11.1 Å². The van der Waals surface area contributed by atoms with E-state index in [4.69, 9.17) is 4.74 Å². The summed E-state index contributed by atoms with van der Waals surface area (Å²) in [5, 5.41) is 10.1. The number of aryl methyl sites for hydroxylation is 2. The minimum Gasteiger partial charge on any atom is -0.493 e. The van der Waals surface area contributed by atoms with E-state index in [1.807, 2.05) is 51.1 Å². The molecule has 20 heavy (non-hydrogen) atoms. The van der Waals surface area contributed by atoms with Gasteiger partial charge < -0.3 is 4.74 Å². The molecule has 0 saturated heterocycles. The van der Waals surface area contributed by atoms with Crippen LogP contribution in [0.2, 0.25) is 0 Å². The number of allylic oxidation sites excluding steroid dienone is 1. The van der Waals surface area contributed by atoms with E-state index >= 15 is 0 Å². The Bertz CT molecular complexity index is 661. The van der Waals surface area contributed by atoms with E-state index in [1.54, 1.807) is 11.3 Å². The highest BCUT2D eigenvalue weighted by Gasteiger charge is 2.10. The van der Waals surface area contributed by atoms with Crippen molar-refractivity contribution in [2.24, 2.45) is 0 Å². The maximum absolute atomic E-state index is 9.37. The lowest BCUT2D eigenvalue weighted by Crippen LogP contribution is -1.93. The first kappa shape index (κ1) is 14.3. The topological polar surface area (TPSA) is 45.9 Å². The first-order valence-corrected chi connectivity index (χ1v) is 7.25. The third kappa shape index (κ3) is 3.06. The molecule has 0 unspecified atom stereocenters. The summed E-state index contributed by atoms with van der Waals surface area (Å²) in [7, 11) is 0. The van der Waals surface area contributed by atoms with Crippen molar-refractivity contribution in [3.05, 3.63) is 45.4 Å². The van der Waals surface area contributed by atoms with Crippen LogP contribution in [0.15, 0.2) is 24.3 Å². The number of thiazole rings is 1. The molecule has 0 aliphatic carbocycles. The van der Waals surface area contributed by atoms with Crippen molar-refractivity contribution >= 4 is 23.0 Å². The first-order valence-electron chi connectivity index (χ1n) is 6.43. The van der Waals surface area contributed by atoms with Crippen molar-refractivity contribution in [2.75, 3.05) is 6.61 Å². The number of para-hydroxylation sites is 1. The second-order valence-corrected chi connectivity index (χ2v) is 5.50. The lowest BCUT2D eigenvalue weighted by molar-refractivity contribution is 0.339. The van der Waals surface area contributed by atoms with E-state index in [1.165, 1.54) is 0 Å². The largest absolute Gasteiger partial charge is 0.493 e. The highest BCUT2D eigenvalue weighted by Crippen LogP contribution is 2.28. The fraction of sp³-hybridized carbons (Fsp3) is 0.250. The Morgan fingerprint density at radius 1 is 1.40 bits per heavy atom. The van der Waals surface area contributed by atoms with Crippen molar-refractivity contribution in [1.82, 2.24) is 4.98 Å². The molecule has 1 aromatic carbocycles. The van der Waals surface area contributed by atoms with Gasteiger partial charge in [-0.1, -0.05) is 18.2 Å². The minimum atomic E-state index is 0.568. The number of nitriles is 1. The summed E-state index contributed by atoms with van der Waals surface area (Å²) >= 11 is 1.54. The van der Waals surface area contributed by atoms with E-state index < -0.39 is 0 Å². The molecule has 0 atom stereocenters. The molecular weight excluding hydrogens is 268 g/mol. The molecule has 3 nitrogen and oxygen atoms in total. The van der Waals surface area contributed by atoms with Crippen LogP contribution in [0.1, 0.15) is 28.1 Å². The number of hydrogen-bond donors (Lipinski definition) is 0. The monoisotopic (exact) mass is 284 g/mol. The zero-order valence-electron chi connectivity index (χ0n) is 11.8. The molecule has 0 spiro atoms. The normalized spacial score (nSPS) is 11.2. The van der Waals surface area contributed by atoms with Crippen molar-refractivity contribution < 1.29 is 4.74 Å². The molecule has 0 saturated carbocycles. The molecule has 0 amide bonds. The predicted molar refractivity (Wildman–Crippen MR) is 82.7 cm³/mol. The summed E-state index contributed by atoms with van der Waals surface area (Å²) < 4.78 is 5.58. The summed E-state index contributed by atoms with van der Waals surface area (Å²) in [6, 6.07) is 9.93. The maximum atomic E-state index is 9.37. The van der Waals surface area contributed by atoms with Gasteiger partial charge in [0.1, 0.15) is 16.8 Å². The fourth-order valence-electron chi connectivity index (χ4n) is 1.77. The zero-order valence-corrected chi connectivity index (χ0v) is 12.6. The van der Waals surface area contributed by atoms with Crippen molar-refractivity contribution in [1.29, 1.82) is 5.26 Å². The van der Waals surface area contributed by atoms with Gasteiger partial charge in [-0.05, 0) is 32.9 Å². The van der Waals surface area contributed by atoms with E-state index in [0.717, 1.165) is 26.9 Å². The van der Waals surface area contributed by atoms with Crippen molar-refractivity contribution in [3.8, 4) is 11.8 Å². The molecule has 2 aromatic rings. The molecule has 0 bridgehead atoms. The number of rotatable bonds is 4. The van der Waals surface area contributed by atoms with Gasteiger partial charge in [0.2, 0.25) is 0 Å². The van der Waals surface area contributed by atoms with Crippen LogP contribution in [0.25, 0.3) is 11.6 Å². The summed E-state index contributed by atoms with van der Waals surface area (Å²) in [6.45, 7) is 6.51. The number of ether oxygens (including phenoxy) is 1. The Labute approximate surface area is 123 Å². The Balaban J connectivity index is 2.44. The average Bonchev–Trinajstić information content (AvgIpc) is 2.78. The highest BCUT2D eigenvalue weighted by atomic mass is 32.1. The molecule has 0 aliphatic heterocycles. The molecule has 1 heterocycles. The van der Waals surface area contributed by atoms with Gasteiger partial charge in [-0.25, -0.2) is 4.98 Å². The standard InChI is InChI=1S/C16H16N2OS/c1-4-19-15-8-6-5-7-13(15)9-14(10-17)16-18-11(2)12(3)20-16/h5-9H,4H2,1-3H3/b14-9+. The number of nitrogens with zero attached hydrogens (tertiary/aromatic N) is 2. The quantitative estimate of drug-likeness (QED) is 0.789. The van der Waals surface area contributed by atoms with Crippen LogP contribution >= 0.6 is 11.3 Å². The van der Waals surface area contributed by atoms with E-state index in [0.29, 0.717) is 12.2 Å².